The Bertz CT molecular complexity index is 1010. The zero-order chi connectivity index (χ0) is 14.4. The van der Waals surface area contributed by atoms with Crippen molar-refractivity contribution in [2.75, 3.05) is 0 Å². The van der Waals surface area contributed by atoms with Crippen molar-refractivity contribution >= 4 is 22.1 Å². The molecule has 0 aliphatic heterocycles. The highest BCUT2D eigenvalue weighted by molar-refractivity contribution is 6.01. The summed E-state index contributed by atoms with van der Waals surface area (Å²) in [6.07, 6.45) is 1.48. The van der Waals surface area contributed by atoms with Gasteiger partial charge in [0.2, 0.25) is 5.58 Å². The number of hydrogen-bond donors (Lipinski definition) is 0. The molecule has 3 aromatic heterocycles. The van der Waals surface area contributed by atoms with Gasteiger partial charge in [-0.2, -0.15) is 4.80 Å². The molecule has 104 valence electrons. The van der Waals surface area contributed by atoms with Gasteiger partial charge in [0, 0.05) is 5.39 Å². The van der Waals surface area contributed by atoms with Crippen molar-refractivity contribution in [2.45, 2.75) is 6.54 Å². The predicted octanol–water partition coefficient (Wildman–Crippen LogP) is 0.714. The number of nitrogens with zero attached hydrogens (tertiary/aromatic N) is 6. The molecule has 0 radical (unpaired) electrons. The third kappa shape index (κ3) is 1.80. The lowest BCUT2D eigenvalue weighted by Crippen LogP contribution is -2.21. The van der Waals surface area contributed by atoms with E-state index in [4.69, 9.17) is 4.42 Å². The number of benzene rings is 1. The fourth-order valence-electron chi connectivity index (χ4n) is 2.27. The number of aromatic nitrogens is 6. The van der Waals surface area contributed by atoms with E-state index in [1.54, 1.807) is 7.05 Å². The van der Waals surface area contributed by atoms with Crippen molar-refractivity contribution in [1.82, 2.24) is 29.8 Å². The van der Waals surface area contributed by atoms with Gasteiger partial charge in [-0.25, -0.2) is 4.98 Å². The van der Waals surface area contributed by atoms with Crippen molar-refractivity contribution in [3.8, 4) is 0 Å². The highest BCUT2D eigenvalue weighted by atomic mass is 16.3. The van der Waals surface area contributed by atoms with E-state index in [-0.39, 0.29) is 17.7 Å². The van der Waals surface area contributed by atoms with E-state index in [1.165, 1.54) is 15.7 Å². The minimum absolute atomic E-state index is 0.201. The molecule has 8 heteroatoms. The summed E-state index contributed by atoms with van der Waals surface area (Å²) in [5, 5.41) is 12.5. The number of rotatable bonds is 2. The fourth-order valence-corrected chi connectivity index (χ4v) is 2.27. The van der Waals surface area contributed by atoms with Crippen molar-refractivity contribution < 1.29 is 4.42 Å². The molecule has 0 unspecified atom stereocenters. The van der Waals surface area contributed by atoms with E-state index < -0.39 is 0 Å². The van der Waals surface area contributed by atoms with Gasteiger partial charge in [0.25, 0.3) is 5.56 Å². The molecule has 4 rings (SSSR count). The van der Waals surface area contributed by atoms with E-state index in [0.29, 0.717) is 16.9 Å². The Morgan fingerprint density at radius 2 is 2.14 bits per heavy atom. The maximum atomic E-state index is 12.5. The Hall–Kier alpha value is -3.03. The summed E-state index contributed by atoms with van der Waals surface area (Å²) < 4.78 is 7.01. The van der Waals surface area contributed by atoms with Gasteiger partial charge in [-0.05, 0) is 17.3 Å². The number of tetrazole rings is 1. The molecule has 0 atom stereocenters. The Morgan fingerprint density at radius 3 is 2.95 bits per heavy atom. The first-order valence-corrected chi connectivity index (χ1v) is 6.32. The SMILES string of the molecule is Cn1nnc(Cn2cnc3c(oc4ccccc43)c2=O)n1. The topological polar surface area (TPSA) is 91.6 Å². The van der Waals surface area contributed by atoms with Gasteiger partial charge in [0.15, 0.2) is 5.82 Å². The molecule has 3 heterocycles. The van der Waals surface area contributed by atoms with Gasteiger partial charge in [-0.3, -0.25) is 9.36 Å². The first-order valence-electron chi connectivity index (χ1n) is 6.32. The van der Waals surface area contributed by atoms with Gasteiger partial charge in [0.05, 0.1) is 19.9 Å². The maximum Gasteiger partial charge on any atom is 0.297 e. The number of hydrogen-bond acceptors (Lipinski definition) is 6. The molecule has 1 aromatic carbocycles. The monoisotopic (exact) mass is 282 g/mol. The van der Waals surface area contributed by atoms with E-state index in [1.807, 2.05) is 24.3 Å². The molecule has 0 fully saturated rings. The number of fused-ring (bicyclic) bond motifs is 3. The lowest BCUT2D eigenvalue weighted by Gasteiger charge is -2.00. The van der Waals surface area contributed by atoms with Crippen LogP contribution in [0, 0.1) is 0 Å². The lowest BCUT2D eigenvalue weighted by molar-refractivity contribution is 0.619. The minimum atomic E-state index is -0.261. The van der Waals surface area contributed by atoms with E-state index in [2.05, 4.69) is 20.4 Å². The predicted molar refractivity (Wildman–Crippen MR) is 73.7 cm³/mol. The van der Waals surface area contributed by atoms with Crippen molar-refractivity contribution in [2.24, 2.45) is 7.05 Å². The average molecular weight is 282 g/mol. The fraction of sp³-hybridized carbons (Fsp3) is 0.154. The second-order valence-electron chi connectivity index (χ2n) is 4.65. The van der Waals surface area contributed by atoms with Crippen LogP contribution in [0.15, 0.2) is 39.8 Å². The summed E-state index contributed by atoms with van der Waals surface area (Å²) in [6.45, 7) is 0.201. The summed E-state index contributed by atoms with van der Waals surface area (Å²) in [4.78, 5) is 18.1. The molecule has 0 saturated heterocycles. The van der Waals surface area contributed by atoms with Crippen molar-refractivity contribution in [1.29, 1.82) is 0 Å². The molecular formula is C13H10N6O2. The Labute approximate surface area is 117 Å². The zero-order valence-corrected chi connectivity index (χ0v) is 11.1. The van der Waals surface area contributed by atoms with Crippen LogP contribution in [0.4, 0.5) is 0 Å². The molecule has 0 aliphatic rings. The van der Waals surface area contributed by atoms with E-state index in [9.17, 15) is 4.79 Å². The third-order valence-electron chi connectivity index (χ3n) is 3.21. The Morgan fingerprint density at radius 1 is 1.29 bits per heavy atom. The first kappa shape index (κ1) is 11.8. The van der Waals surface area contributed by atoms with Crippen LogP contribution < -0.4 is 5.56 Å². The summed E-state index contributed by atoms with van der Waals surface area (Å²) in [7, 11) is 1.67. The number of furan rings is 1. The summed E-state index contributed by atoms with van der Waals surface area (Å²) in [5.41, 5.74) is 1.19. The molecule has 0 N–H and O–H groups in total. The molecule has 0 amide bonds. The van der Waals surface area contributed by atoms with E-state index in [0.717, 1.165) is 5.39 Å². The molecule has 4 aromatic rings. The summed E-state index contributed by atoms with van der Waals surface area (Å²) in [5.74, 6) is 0.442. The van der Waals surface area contributed by atoms with Gasteiger partial charge in [-0.1, -0.05) is 12.1 Å². The number of para-hydroxylation sites is 1. The Balaban J connectivity index is 1.90. The van der Waals surface area contributed by atoms with Crippen molar-refractivity contribution in [3.05, 3.63) is 46.8 Å². The van der Waals surface area contributed by atoms with Crippen LogP contribution in [0.25, 0.3) is 22.1 Å². The van der Waals surface area contributed by atoms with Gasteiger partial charge in [0.1, 0.15) is 11.1 Å². The zero-order valence-electron chi connectivity index (χ0n) is 11.1. The molecule has 8 nitrogen and oxygen atoms in total. The van der Waals surface area contributed by atoms with Crippen LogP contribution in [-0.4, -0.2) is 29.8 Å². The summed E-state index contributed by atoms with van der Waals surface area (Å²) in [6, 6.07) is 7.42. The Kier molecular flexibility index (Phi) is 2.37. The lowest BCUT2D eigenvalue weighted by atomic mass is 10.2. The quantitative estimate of drug-likeness (QED) is 0.538. The van der Waals surface area contributed by atoms with Crippen LogP contribution in [0.5, 0.6) is 0 Å². The molecular weight excluding hydrogens is 272 g/mol. The van der Waals surface area contributed by atoms with Crippen LogP contribution in [0.2, 0.25) is 0 Å². The second-order valence-corrected chi connectivity index (χ2v) is 4.65. The first-order chi connectivity index (χ1) is 10.2. The maximum absolute atomic E-state index is 12.5. The van der Waals surface area contributed by atoms with Crippen molar-refractivity contribution in [3.63, 3.8) is 0 Å². The number of aryl methyl sites for hydroxylation is 1. The molecule has 0 spiro atoms. The van der Waals surface area contributed by atoms with Crippen LogP contribution in [-0.2, 0) is 13.6 Å². The highest BCUT2D eigenvalue weighted by Crippen LogP contribution is 2.23. The third-order valence-corrected chi connectivity index (χ3v) is 3.21. The summed E-state index contributed by atoms with van der Waals surface area (Å²) >= 11 is 0. The average Bonchev–Trinajstić information content (AvgIpc) is 3.06. The molecule has 0 saturated carbocycles. The van der Waals surface area contributed by atoms with Gasteiger partial charge >= 0.3 is 0 Å². The van der Waals surface area contributed by atoms with Crippen LogP contribution in [0.3, 0.4) is 0 Å². The van der Waals surface area contributed by atoms with Crippen LogP contribution in [0.1, 0.15) is 5.82 Å². The van der Waals surface area contributed by atoms with Crippen LogP contribution >= 0.6 is 0 Å². The largest absolute Gasteiger partial charge is 0.448 e. The van der Waals surface area contributed by atoms with Gasteiger partial charge < -0.3 is 4.42 Å². The molecule has 21 heavy (non-hydrogen) atoms. The minimum Gasteiger partial charge on any atom is -0.448 e. The smallest absolute Gasteiger partial charge is 0.297 e. The second kappa shape index (κ2) is 4.23. The van der Waals surface area contributed by atoms with Gasteiger partial charge in [-0.15, -0.1) is 10.2 Å². The standard InChI is InChI=1S/C13H10N6O2/c1-18-16-10(15-17-18)6-19-7-14-11-8-4-2-3-5-9(8)21-12(11)13(19)20/h2-5,7H,6H2,1H3. The van der Waals surface area contributed by atoms with E-state index >= 15 is 0 Å². The highest BCUT2D eigenvalue weighted by Gasteiger charge is 2.14. The molecule has 0 aliphatic carbocycles. The normalized spacial score (nSPS) is 11.5. The molecule has 0 bridgehead atoms.